The van der Waals surface area contributed by atoms with Gasteiger partial charge in [0.05, 0.1) is 5.02 Å². The lowest BCUT2D eigenvalue weighted by molar-refractivity contribution is -0.133. The quantitative estimate of drug-likeness (QED) is 0.525. The molecular formula is C22H23Cl2N5O3. The standard InChI is InChI=1S/C22H23Cl2N5O3/c1-14(2)22-26-21(27-32-22)15-3-6-19(25-12-15)28-7-9-29(10-8-28)20(30)13-31-18-5-4-16(23)11-17(18)24/h3-6,11-12,14H,7-10,13H2,1-2H3. The molecule has 0 unspecified atom stereocenters. The first-order chi connectivity index (χ1) is 15.4. The Morgan fingerprint density at radius 1 is 1.16 bits per heavy atom. The predicted molar refractivity (Wildman–Crippen MR) is 122 cm³/mol. The fourth-order valence-electron chi connectivity index (χ4n) is 3.30. The first-order valence-corrected chi connectivity index (χ1v) is 11.1. The van der Waals surface area contributed by atoms with Gasteiger partial charge in [-0.1, -0.05) is 42.2 Å². The molecule has 0 bridgehead atoms. The fraction of sp³-hybridized carbons (Fsp3) is 0.364. The highest BCUT2D eigenvalue weighted by Crippen LogP contribution is 2.27. The van der Waals surface area contributed by atoms with E-state index in [0.29, 0.717) is 53.7 Å². The average Bonchev–Trinajstić information content (AvgIpc) is 3.29. The van der Waals surface area contributed by atoms with E-state index in [-0.39, 0.29) is 18.4 Å². The molecule has 1 aliphatic heterocycles. The molecular weight excluding hydrogens is 453 g/mol. The topological polar surface area (TPSA) is 84.6 Å². The first kappa shape index (κ1) is 22.4. The van der Waals surface area contributed by atoms with Crippen LogP contribution in [0, 0.1) is 0 Å². The normalized spacial score (nSPS) is 14.2. The van der Waals surface area contributed by atoms with E-state index in [2.05, 4.69) is 20.0 Å². The van der Waals surface area contributed by atoms with Crippen molar-refractivity contribution in [2.24, 2.45) is 0 Å². The summed E-state index contributed by atoms with van der Waals surface area (Å²) in [7, 11) is 0. The monoisotopic (exact) mass is 475 g/mol. The van der Waals surface area contributed by atoms with Gasteiger partial charge in [-0.25, -0.2) is 4.98 Å². The second-order valence-electron chi connectivity index (χ2n) is 7.75. The number of pyridine rings is 1. The van der Waals surface area contributed by atoms with E-state index < -0.39 is 0 Å². The molecule has 1 fully saturated rings. The molecule has 0 radical (unpaired) electrons. The van der Waals surface area contributed by atoms with Crippen molar-refractivity contribution in [3.63, 3.8) is 0 Å². The molecule has 1 amide bonds. The van der Waals surface area contributed by atoms with Crippen molar-refractivity contribution in [1.82, 2.24) is 20.0 Å². The van der Waals surface area contributed by atoms with Gasteiger partial charge in [0.15, 0.2) is 6.61 Å². The third-order valence-corrected chi connectivity index (χ3v) is 5.67. The fourth-order valence-corrected chi connectivity index (χ4v) is 3.76. The van der Waals surface area contributed by atoms with Crippen LogP contribution in [0.3, 0.4) is 0 Å². The third-order valence-electron chi connectivity index (χ3n) is 5.14. The highest BCUT2D eigenvalue weighted by atomic mass is 35.5. The molecule has 1 saturated heterocycles. The van der Waals surface area contributed by atoms with Crippen LogP contribution in [0.1, 0.15) is 25.7 Å². The lowest BCUT2D eigenvalue weighted by Crippen LogP contribution is -2.50. The number of nitrogens with zero attached hydrogens (tertiary/aromatic N) is 5. The van der Waals surface area contributed by atoms with Crippen LogP contribution < -0.4 is 9.64 Å². The van der Waals surface area contributed by atoms with E-state index in [4.69, 9.17) is 32.5 Å². The molecule has 168 valence electrons. The van der Waals surface area contributed by atoms with Crippen molar-refractivity contribution in [3.05, 3.63) is 52.5 Å². The smallest absolute Gasteiger partial charge is 0.260 e. The molecule has 0 atom stereocenters. The summed E-state index contributed by atoms with van der Waals surface area (Å²) < 4.78 is 10.8. The minimum Gasteiger partial charge on any atom is -0.482 e. The van der Waals surface area contributed by atoms with Crippen molar-refractivity contribution in [1.29, 1.82) is 0 Å². The van der Waals surface area contributed by atoms with Crippen molar-refractivity contribution in [2.75, 3.05) is 37.7 Å². The molecule has 0 spiro atoms. The number of anilines is 1. The van der Waals surface area contributed by atoms with Crippen molar-refractivity contribution in [2.45, 2.75) is 19.8 Å². The molecule has 3 aromatic rings. The first-order valence-electron chi connectivity index (χ1n) is 10.3. The summed E-state index contributed by atoms with van der Waals surface area (Å²) in [5.41, 5.74) is 0.802. The zero-order chi connectivity index (χ0) is 22.7. The second-order valence-corrected chi connectivity index (χ2v) is 8.59. The lowest BCUT2D eigenvalue weighted by atomic mass is 10.2. The van der Waals surface area contributed by atoms with E-state index in [1.807, 2.05) is 26.0 Å². The SMILES string of the molecule is CC(C)c1nc(-c2ccc(N3CCN(C(=O)COc4ccc(Cl)cc4Cl)CC3)nc2)no1. The van der Waals surface area contributed by atoms with Crippen LogP contribution in [0.4, 0.5) is 5.82 Å². The highest BCUT2D eigenvalue weighted by Gasteiger charge is 2.23. The number of halogens is 2. The average molecular weight is 476 g/mol. The number of piperazine rings is 1. The zero-order valence-corrected chi connectivity index (χ0v) is 19.3. The minimum absolute atomic E-state index is 0.0721. The Labute approximate surface area is 196 Å². The maximum atomic E-state index is 12.5. The Balaban J connectivity index is 1.29. The summed E-state index contributed by atoms with van der Waals surface area (Å²) >= 11 is 12.0. The molecule has 0 N–H and O–H groups in total. The van der Waals surface area contributed by atoms with E-state index >= 15 is 0 Å². The molecule has 8 nitrogen and oxygen atoms in total. The van der Waals surface area contributed by atoms with Gasteiger partial charge >= 0.3 is 0 Å². The Bertz CT molecular complexity index is 1080. The number of carbonyl (C=O) groups excluding carboxylic acids is 1. The van der Waals surface area contributed by atoms with Gasteiger partial charge in [0.1, 0.15) is 11.6 Å². The van der Waals surface area contributed by atoms with Gasteiger partial charge in [-0.2, -0.15) is 4.98 Å². The zero-order valence-electron chi connectivity index (χ0n) is 17.8. The molecule has 10 heteroatoms. The molecule has 1 aromatic carbocycles. The van der Waals surface area contributed by atoms with Crippen molar-refractivity contribution >= 4 is 34.9 Å². The molecule has 2 aromatic heterocycles. The van der Waals surface area contributed by atoms with Crippen LogP contribution in [0.25, 0.3) is 11.4 Å². The maximum absolute atomic E-state index is 12.5. The van der Waals surface area contributed by atoms with Gasteiger partial charge in [0.2, 0.25) is 11.7 Å². The number of hydrogen-bond donors (Lipinski definition) is 0. The van der Waals surface area contributed by atoms with Crippen LogP contribution >= 0.6 is 23.2 Å². The van der Waals surface area contributed by atoms with Gasteiger partial charge in [-0.05, 0) is 30.3 Å². The van der Waals surface area contributed by atoms with E-state index in [1.165, 1.54) is 0 Å². The molecule has 32 heavy (non-hydrogen) atoms. The molecule has 4 rings (SSSR count). The summed E-state index contributed by atoms with van der Waals surface area (Å²) in [4.78, 5) is 25.4. The maximum Gasteiger partial charge on any atom is 0.260 e. The highest BCUT2D eigenvalue weighted by molar-refractivity contribution is 6.35. The Hall–Kier alpha value is -2.84. The van der Waals surface area contributed by atoms with Gasteiger partial charge in [0.25, 0.3) is 5.91 Å². The van der Waals surface area contributed by atoms with Gasteiger partial charge in [-0.3, -0.25) is 4.79 Å². The predicted octanol–water partition coefficient (Wildman–Crippen LogP) is 4.29. The molecule has 0 aliphatic carbocycles. The summed E-state index contributed by atoms with van der Waals surface area (Å²) in [6.45, 7) is 6.46. The number of amides is 1. The Morgan fingerprint density at radius 2 is 1.94 bits per heavy atom. The van der Waals surface area contributed by atoms with Crippen LogP contribution in [0.15, 0.2) is 41.1 Å². The summed E-state index contributed by atoms with van der Waals surface area (Å²) in [5, 5.41) is 4.92. The van der Waals surface area contributed by atoms with Crippen LogP contribution in [0.2, 0.25) is 10.0 Å². The van der Waals surface area contributed by atoms with E-state index in [0.717, 1.165) is 11.4 Å². The van der Waals surface area contributed by atoms with Gasteiger partial charge < -0.3 is 19.1 Å². The van der Waals surface area contributed by atoms with Crippen molar-refractivity contribution in [3.8, 4) is 17.1 Å². The minimum atomic E-state index is -0.0861. The number of ether oxygens (including phenoxy) is 1. The number of rotatable bonds is 6. The number of aromatic nitrogens is 3. The molecule has 3 heterocycles. The van der Waals surface area contributed by atoms with Crippen LogP contribution in [-0.4, -0.2) is 58.7 Å². The summed E-state index contributed by atoms with van der Waals surface area (Å²) in [6, 6.07) is 8.78. The lowest BCUT2D eigenvalue weighted by Gasteiger charge is -2.35. The molecule has 1 aliphatic rings. The summed E-state index contributed by atoms with van der Waals surface area (Å²) in [5.74, 6) is 2.51. The summed E-state index contributed by atoms with van der Waals surface area (Å²) in [6.07, 6.45) is 1.74. The number of carbonyl (C=O) groups is 1. The third kappa shape index (κ3) is 5.14. The van der Waals surface area contributed by atoms with Crippen LogP contribution in [-0.2, 0) is 4.79 Å². The Morgan fingerprint density at radius 3 is 2.56 bits per heavy atom. The molecule has 0 saturated carbocycles. The Kier molecular flexibility index (Phi) is 6.81. The van der Waals surface area contributed by atoms with E-state index in [1.54, 1.807) is 29.3 Å². The van der Waals surface area contributed by atoms with Crippen molar-refractivity contribution < 1.29 is 14.1 Å². The van der Waals surface area contributed by atoms with E-state index in [9.17, 15) is 4.79 Å². The largest absolute Gasteiger partial charge is 0.482 e. The van der Waals surface area contributed by atoms with Gasteiger partial charge in [0, 0.05) is 48.9 Å². The van der Waals surface area contributed by atoms with Gasteiger partial charge in [-0.15, -0.1) is 0 Å². The number of benzene rings is 1. The van der Waals surface area contributed by atoms with Crippen LogP contribution in [0.5, 0.6) is 5.75 Å². The number of hydrogen-bond acceptors (Lipinski definition) is 7. The second kappa shape index (κ2) is 9.75.